The summed E-state index contributed by atoms with van der Waals surface area (Å²) in [6.07, 6.45) is 1.31. The molecule has 1 fully saturated rings. The molecule has 0 bridgehead atoms. The Labute approximate surface area is 150 Å². The number of H-pyrrole nitrogens is 1. The lowest BCUT2D eigenvalue weighted by Crippen LogP contribution is -2.49. The van der Waals surface area contributed by atoms with Crippen molar-refractivity contribution < 1.29 is 4.79 Å². The average molecular weight is 342 g/mol. The Hall–Kier alpha value is -2.01. The zero-order valence-electron chi connectivity index (χ0n) is 15.5. The van der Waals surface area contributed by atoms with Crippen molar-refractivity contribution in [3.8, 4) is 0 Å². The van der Waals surface area contributed by atoms with E-state index in [1.807, 2.05) is 18.2 Å². The second-order valence-electron chi connectivity index (χ2n) is 7.77. The van der Waals surface area contributed by atoms with Gasteiger partial charge < -0.3 is 20.5 Å². The van der Waals surface area contributed by atoms with Crippen molar-refractivity contribution in [3.05, 3.63) is 36.0 Å². The number of nitrogens with one attached hydrogen (secondary N) is 3. The predicted molar refractivity (Wildman–Crippen MR) is 103 cm³/mol. The monoisotopic (exact) mass is 342 g/mol. The van der Waals surface area contributed by atoms with Gasteiger partial charge in [-0.25, -0.2) is 4.79 Å². The molecule has 2 aromatic rings. The summed E-state index contributed by atoms with van der Waals surface area (Å²) in [6, 6.07) is 10.2. The molecule has 3 unspecified atom stereocenters. The number of likely N-dealkylation sites (tertiary alicyclic amines) is 1. The number of nitrogens with zero attached hydrogens (tertiary/aromatic N) is 1. The fraction of sp³-hybridized carbons (Fsp3) is 0.550. The van der Waals surface area contributed by atoms with Gasteiger partial charge in [-0.2, -0.15) is 0 Å². The van der Waals surface area contributed by atoms with Gasteiger partial charge in [0.25, 0.3) is 0 Å². The minimum absolute atomic E-state index is 0.107. The SMILES string of the molecule is CC1CC(C)CN(CC(C)NC(=O)NCc2cc3ccccc3[nH]2)C1. The third kappa shape index (κ3) is 4.98. The third-order valence-corrected chi connectivity index (χ3v) is 4.88. The molecule has 0 spiro atoms. The number of rotatable bonds is 5. The summed E-state index contributed by atoms with van der Waals surface area (Å²) >= 11 is 0. The molecule has 5 heteroatoms. The van der Waals surface area contributed by atoms with E-state index in [1.165, 1.54) is 11.8 Å². The summed E-state index contributed by atoms with van der Waals surface area (Å²) in [5, 5.41) is 7.17. The number of urea groups is 1. The molecule has 0 aliphatic carbocycles. The summed E-state index contributed by atoms with van der Waals surface area (Å²) in [4.78, 5) is 18.0. The van der Waals surface area contributed by atoms with Crippen LogP contribution in [-0.4, -0.2) is 41.6 Å². The van der Waals surface area contributed by atoms with Crippen LogP contribution in [0, 0.1) is 11.8 Å². The maximum atomic E-state index is 12.2. The molecule has 136 valence electrons. The average Bonchev–Trinajstić information content (AvgIpc) is 2.94. The van der Waals surface area contributed by atoms with Crippen LogP contribution in [0.1, 0.15) is 32.9 Å². The fourth-order valence-electron chi connectivity index (χ4n) is 4.05. The number of carbonyl (C=O) groups is 1. The van der Waals surface area contributed by atoms with Gasteiger partial charge in [0.15, 0.2) is 0 Å². The first-order chi connectivity index (χ1) is 12.0. The van der Waals surface area contributed by atoms with Crippen LogP contribution < -0.4 is 10.6 Å². The van der Waals surface area contributed by atoms with Crippen LogP contribution in [0.25, 0.3) is 10.9 Å². The zero-order chi connectivity index (χ0) is 17.8. The van der Waals surface area contributed by atoms with E-state index in [2.05, 4.69) is 53.4 Å². The van der Waals surface area contributed by atoms with Crippen LogP contribution in [0.3, 0.4) is 0 Å². The zero-order valence-corrected chi connectivity index (χ0v) is 15.5. The van der Waals surface area contributed by atoms with Gasteiger partial charge in [-0.3, -0.25) is 0 Å². The van der Waals surface area contributed by atoms with E-state index < -0.39 is 0 Å². The Bertz CT molecular complexity index is 668. The molecule has 5 nitrogen and oxygen atoms in total. The number of carbonyl (C=O) groups excluding carboxylic acids is 1. The van der Waals surface area contributed by atoms with Gasteiger partial charge in [0.1, 0.15) is 0 Å². The smallest absolute Gasteiger partial charge is 0.315 e. The lowest BCUT2D eigenvalue weighted by atomic mass is 9.92. The largest absolute Gasteiger partial charge is 0.357 e. The van der Waals surface area contributed by atoms with E-state index in [1.54, 1.807) is 0 Å². The Morgan fingerprint density at radius 2 is 2.00 bits per heavy atom. The second kappa shape index (κ2) is 7.91. The van der Waals surface area contributed by atoms with Gasteiger partial charge in [-0.05, 0) is 42.7 Å². The van der Waals surface area contributed by atoms with Gasteiger partial charge in [-0.1, -0.05) is 32.0 Å². The van der Waals surface area contributed by atoms with Gasteiger partial charge in [0, 0.05) is 36.9 Å². The highest BCUT2D eigenvalue weighted by atomic mass is 16.2. The number of benzene rings is 1. The van der Waals surface area contributed by atoms with E-state index in [0.29, 0.717) is 6.54 Å². The second-order valence-corrected chi connectivity index (χ2v) is 7.77. The van der Waals surface area contributed by atoms with Gasteiger partial charge in [0.2, 0.25) is 0 Å². The van der Waals surface area contributed by atoms with Crippen molar-refractivity contribution in [1.82, 2.24) is 20.5 Å². The van der Waals surface area contributed by atoms with Crippen LogP contribution in [0.15, 0.2) is 30.3 Å². The quantitative estimate of drug-likeness (QED) is 0.780. The number of fused-ring (bicyclic) bond motifs is 1. The molecule has 2 amide bonds. The molecule has 1 saturated heterocycles. The number of aromatic nitrogens is 1. The number of hydrogen-bond donors (Lipinski definition) is 3. The minimum Gasteiger partial charge on any atom is -0.357 e. The number of para-hydroxylation sites is 1. The van der Waals surface area contributed by atoms with Crippen molar-refractivity contribution in [2.24, 2.45) is 11.8 Å². The van der Waals surface area contributed by atoms with Crippen LogP contribution in [0.4, 0.5) is 4.79 Å². The van der Waals surface area contributed by atoms with E-state index in [0.717, 1.165) is 42.7 Å². The molecule has 3 atom stereocenters. The van der Waals surface area contributed by atoms with Crippen LogP contribution in [0.2, 0.25) is 0 Å². The van der Waals surface area contributed by atoms with E-state index in [4.69, 9.17) is 0 Å². The van der Waals surface area contributed by atoms with Gasteiger partial charge >= 0.3 is 6.03 Å². The molecule has 3 rings (SSSR count). The topological polar surface area (TPSA) is 60.2 Å². The summed E-state index contributed by atoms with van der Waals surface area (Å²) in [7, 11) is 0. The summed E-state index contributed by atoms with van der Waals surface area (Å²) in [6.45, 7) is 10.4. The summed E-state index contributed by atoms with van der Waals surface area (Å²) in [5.41, 5.74) is 2.11. The molecule has 0 saturated carbocycles. The summed E-state index contributed by atoms with van der Waals surface area (Å²) < 4.78 is 0. The van der Waals surface area contributed by atoms with Crippen molar-refractivity contribution >= 4 is 16.9 Å². The predicted octanol–water partition coefficient (Wildman–Crippen LogP) is 3.33. The molecule has 0 radical (unpaired) electrons. The first kappa shape index (κ1) is 17.8. The minimum atomic E-state index is -0.107. The Morgan fingerprint density at radius 3 is 2.72 bits per heavy atom. The molecular formula is C20H30N4O. The molecular weight excluding hydrogens is 312 g/mol. The number of amides is 2. The van der Waals surface area contributed by atoms with Crippen molar-refractivity contribution in [1.29, 1.82) is 0 Å². The maximum Gasteiger partial charge on any atom is 0.315 e. The molecule has 3 N–H and O–H groups in total. The van der Waals surface area contributed by atoms with E-state index >= 15 is 0 Å². The van der Waals surface area contributed by atoms with Crippen molar-refractivity contribution in [3.63, 3.8) is 0 Å². The molecule has 1 aromatic carbocycles. The molecule has 1 aromatic heterocycles. The molecule has 2 heterocycles. The van der Waals surface area contributed by atoms with Gasteiger partial charge in [0.05, 0.1) is 6.54 Å². The molecule has 1 aliphatic heterocycles. The van der Waals surface area contributed by atoms with E-state index in [9.17, 15) is 4.79 Å². The lowest BCUT2D eigenvalue weighted by Gasteiger charge is -2.36. The number of hydrogen-bond acceptors (Lipinski definition) is 2. The van der Waals surface area contributed by atoms with Crippen molar-refractivity contribution in [2.45, 2.75) is 39.8 Å². The number of piperidine rings is 1. The van der Waals surface area contributed by atoms with Crippen LogP contribution in [0.5, 0.6) is 0 Å². The highest BCUT2D eigenvalue weighted by Crippen LogP contribution is 2.20. The normalized spacial score (nSPS) is 22.7. The van der Waals surface area contributed by atoms with E-state index in [-0.39, 0.29) is 12.1 Å². The Kier molecular flexibility index (Phi) is 5.63. The standard InChI is InChI=1S/C20H30N4O/c1-14-8-15(2)12-24(11-14)13-16(3)22-20(25)21-10-18-9-17-6-4-5-7-19(17)23-18/h4-7,9,14-16,23H,8,10-13H2,1-3H3,(H2,21,22,25). The maximum absolute atomic E-state index is 12.2. The highest BCUT2D eigenvalue weighted by molar-refractivity contribution is 5.80. The van der Waals surface area contributed by atoms with Gasteiger partial charge in [-0.15, -0.1) is 0 Å². The third-order valence-electron chi connectivity index (χ3n) is 4.88. The lowest BCUT2D eigenvalue weighted by molar-refractivity contribution is 0.131. The fourth-order valence-corrected chi connectivity index (χ4v) is 4.05. The van der Waals surface area contributed by atoms with Crippen LogP contribution >= 0.6 is 0 Å². The first-order valence-corrected chi connectivity index (χ1v) is 9.33. The highest BCUT2D eigenvalue weighted by Gasteiger charge is 2.23. The van der Waals surface area contributed by atoms with Crippen LogP contribution in [-0.2, 0) is 6.54 Å². The van der Waals surface area contributed by atoms with Crippen molar-refractivity contribution in [2.75, 3.05) is 19.6 Å². The Balaban J connectivity index is 1.43. The summed E-state index contributed by atoms with van der Waals surface area (Å²) in [5.74, 6) is 1.48. The number of aromatic amines is 1. The molecule has 1 aliphatic rings. The first-order valence-electron chi connectivity index (χ1n) is 9.33. The molecule has 25 heavy (non-hydrogen) atoms. The Morgan fingerprint density at radius 1 is 1.28 bits per heavy atom.